The summed E-state index contributed by atoms with van der Waals surface area (Å²) in [5.41, 5.74) is 1.01. The van der Waals surface area contributed by atoms with Crippen LogP contribution in [0.2, 0.25) is 0 Å². The van der Waals surface area contributed by atoms with Crippen LogP contribution in [0.4, 0.5) is 0 Å². The smallest absolute Gasteiger partial charge is 0.241 e. The summed E-state index contributed by atoms with van der Waals surface area (Å²) >= 11 is 0. The lowest BCUT2D eigenvalue weighted by atomic mass is 9.86. The zero-order chi connectivity index (χ0) is 16.5. The molecule has 4 nitrogen and oxygen atoms in total. The lowest BCUT2D eigenvalue weighted by Crippen LogP contribution is -2.50. The van der Waals surface area contributed by atoms with Gasteiger partial charge in [0, 0.05) is 0 Å². The molecular formula is C20H16O4. The van der Waals surface area contributed by atoms with Crippen molar-refractivity contribution in [3.05, 3.63) is 96.1 Å². The monoisotopic (exact) mass is 320 g/mol. The Morgan fingerprint density at radius 2 is 1.29 bits per heavy atom. The average molecular weight is 320 g/mol. The van der Waals surface area contributed by atoms with E-state index in [9.17, 15) is 4.79 Å². The van der Waals surface area contributed by atoms with E-state index in [1.54, 1.807) is 12.2 Å². The minimum absolute atomic E-state index is 0.101. The summed E-state index contributed by atoms with van der Waals surface area (Å²) in [7, 11) is 0. The molecule has 1 spiro atoms. The summed E-state index contributed by atoms with van der Waals surface area (Å²) in [6.45, 7) is 0.254. The third kappa shape index (κ3) is 2.51. The first kappa shape index (κ1) is 15.0. The van der Waals surface area contributed by atoms with Gasteiger partial charge in [-0.3, -0.25) is 4.79 Å². The van der Waals surface area contributed by atoms with Gasteiger partial charge < -0.3 is 4.74 Å². The molecule has 4 heteroatoms. The van der Waals surface area contributed by atoms with E-state index in [1.165, 1.54) is 12.2 Å². The predicted octanol–water partition coefficient (Wildman–Crippen LogP) is 3.30. The highest BCUT2D eigenvalue weighted by Crippen LogP contribution is 2.41. The molecule has 24 heavy (non-hydrogen) atoms. The molecule has 0 radical (unpaired) electrons. The van der Waals surface area contributed by atoms with Crippen LogP contribution in [0.5, 0.6) is 0 Å². The number of hydrogen-bond acceptors (Lipinski definition) is 4. The van der Waals surface area contributed by atoms with Crippen LogP contribution in [0, 0.1) is 0 Å². The number of ether oxygens (including phenoxy) is 1. The van der Waals surface area contributed by atoms with Gasteiger partial charge in [-0.1, -0.05) is 60.7 Å². The van der Waals surface area contributed by atoms with Gasteiger partial charge in [0.15, 0.2) is 11.4 Å². The van der Waals surface area contributed by atoms with Crippen LogP contribution in [0.1, 0.15) is 11.1 Å². The van der Waals surface area contributed by atoms with Gasteiger partial charge in [0.05, 0.1) is 6.61 Å². The summed E-state index contributed by atoms with van der Waals surface area (Å²) in [4.78, 5) is 22.9. The van der Waals surface area contributed by atoms with Crippen LogP contribution in [0.25, 0.3) is 0 Å². The maximum absolute atomic E-state index is 11.3. The maximum Gasteiger partial charge on any atom is 0.241 e. The Kier molecular flexibility index (Phi) is 3.65. The molecule has 0 amide bonds. The van der Waals surface area contributed by atoms with Gasteiger partial charge in [0.25, 0.3) is 0 Å². The Balaban J connectivity index is 1.71. The fourth-order valence-electron chi connectivity index (χ4n) is 2.90. The van der Waals surface area contributed by atoms with E-state index in [0.717, 1.165) is 11.1 Å². The lowest BCUT2D eigenvalue weighted by molar-refractivity contribution is -0.482. The molecule has 120 valence electrons. The first-order valence-electron chi connectivity index (χ1n) is 7.77. The summed E-state index contributed by atoms with van der Waals surface area (Å²) < 4.78 is 6.01. The highest BCUT2D eigenvalue weighted by atomic mass is 17.2. The van der Waals surface area contributed by atoms with E-state index < -0.39 is 11.4 Å². The van der Waals surface area contributed by atoms with Gasteiger partial charge in [-0.25, -0.2) is 4.89 Å². The van der Waals surface area contributed by atoms with Crippen molar-refractivity contribution in [1.29, 1.82) is 0 Å². The Labute approximate surface area is 139 Å². The average Bonchev–Trinajstić information content (AvgIpc) is 2.67. The number of benzene rings is 2. The van der Waals surface area contributed by atoms with Gasteiger partial charge in [0.1, 0.15) is 0 Å². The van der Waals surface area contributed by atoms with E-state index in [-0.39, 0.29) is 12.4 Å². The van der Waals surface area contributed by atoms with E-state index in [1.807, 2.05) is 60.7 Å². The molecule has 4 rings (SSSR count). The van der Waals surface area contributed by atoms with Crippen molar-refractivity contribution in [3.8, 4) is 0 Å². The Hall–Kier alpha value is -2.53. The van der Waals surface area contributed by atoms with Crippen molar-refractivity contribution in [2.75, 3.05) is 6.61 Å². The normalized spacial score (nSPS) is 21.1. The Morgan fingerprint density at radius 1 is 0.750 bits per heavy atom. The highest BCUT2D eigenvalue weighted by Gasteiger charge is 2.47. The second kappa shape index (κ2) is 5.83. The molecule has 0 unspecified atom stereocenters. The molecule has 1 aliphatic heterocycles. The standard InChI is InChI=1S/C20H16O4/c21-18-11-13-19(14-12-18)22-15-20(24-23-19,16-7-3-1-4-8-16)17-9-5-2-6-10-17/h1-14H,15H2. The summed E-state index contributed by atoms with van der Waals surface area (Å²) in [6.07, 6.45) is 5.97. The number of carbonyl (C=O) groups is 1. The minimum atomic E-state index is -1.15. The van der Waals surface area contributed by atoms with Crippen LogP contribution in [-0.4, -0.2) is 18.2 Å². The molecule has 2 aromatic rings. The van der Waals surface area contributed by atoms with Gasteiger partial charge >= 0.3 is 0 Å². The fourth-order valence-corrected chi connectivity index (χ4v) is 2.90. The third-order valence-electron chi connectivity index (χ3n) is 4.26. The topological polar surface area (TPSA) is 44.8 Å². The predicted molar refractivity (Wildman–Crippen MR) is 87.8 cm³/mol. The Morgan fingerprint density at radius 3 is 1.75 bits per heavy atom. The molecule has 2 aliphatic rings. The first-order chi connectivity index (χ1) is 11.7. The van der Waals surface area contributed by atoms with Crippen molar-refractivity contribution < 1.29 is 19.3 Å². The zero-order valence-electron chi connectivity index (χ0n) is 12.9. The van der Waals surface area contributed by atoms with Crippen molar-refractivity contribution in [2.45, 2.75) is 11.4 Å². The lowest BCUT2D eigenvalue weighted by Gasteiger charge is -2.43. The number of carbonyl (C=O) groups excluding carboxylic acids is 1. The number of allylic oxidation sites excluding steroid dienone is 2. The van der Waals surface area contributed by atoms with Crippen molar-refractivity contribution in [3.63, 3.8) is 0 Å². The summed E-state index contributed by atoms with van der Waals surface area (Å²) in [5, 5.41) is 0. The Bertz CT molecular complexity index is 725. The van der Waals surface area contributed by atoms with E-state index in [0.29, 0.717) is 0 Å². The molecule has 0 bridgehead atoms. The van der Waals surface area contributed by atoms with Crippen molar-refractivity contribution >= 4 is 5.78 Å². The molecule has 0 atom stereocenters. The molecule has 0 saturated carbocycles. The third-order valence-corrected chi connectivity index (χ3v) is 4.26. The van der Waals surface area contributed by atoms with Crippen LogP contribution in [0.15, 0.2) is 85.0 Å². The molecule has 0 aromatic heterocycles. The molecule has 1 fully saturated rings. The second-order valence-electron chi connectivity index (χ2n) is 5.80. The van der Waals surface area contributed by atoms with E-state index in [4.69, 9.17) is 14.5 Å². The molecule has 0 N–H and O–H groups in total. The molecule has 1 aliphatic carbocycles. The van der Waals surface area contributed by atoms with Crippen LogP contribution >= 0.6 is 0 Å². The summed E-state index contributed by atoms with van der Waals surface area (Å²) in [6, 6.07) is 19.6. The van der Waals surface area contributed by atoms with Gasteiger partial charge in [-0.15, -0.1) is 0 Å². The maximum atomic E-state index is 11.3. The van der Waals surface area contributed by atoms with Crippen molar-refractivity contribution in [2.24, 2.45) is 0 Å². The number of rotatable bonds is 2. The SMILES string of the molecule is O=C1C=CC2(C=C1)OCC(c1ccccc1)(c1ccccc1)OO2. The highest BCUT2D eigenvalue weighted by molar-refractivity contribution is 6.00. The van der Waals surface area contributed by atoms with Gasteiger partial charge in [0.2, 0.25) is 5.79 Å². The minimum Gasteiger partial charge on any atom is -0.337 e. The number of hydrogen-bond donors (Lipinski definition) is 0. The summed E-state index contributed by atoms with van der Waals surface area (Å²) in [5.74, 6) is -1.25. The number of ketones is 1. The van der Waals surface area contributed by atoms with Crippen LogP contribution < -0.4 is 0 Å². The molecule has 2 aromatic carbocycles. The fraction of sp³-hybridized carbons (Fsp3) is 0.150. The quantitative estimate of drug-likeness (QED) is 0.797. The first-order valence-corrected chi connectivity index (χ1v) is 7.77. The molecular weight excluding hydrogens is 304 g/mol. The van der Waals surface area contributed by atoms with E-state index in [2.05, 4.69) is 0 Å². The molecule has 1 saturated heterocycles. The van der Waals surface area contributed by atoms with Crippen molar-refractivity contribution in [1.82, 2.24) is 0 Å². The van der Waals surface area contributed by atoms with Crippen LogP contribution in [0.3, 0.4) is 0 Å². The molecule has 1 heterocycles. The van der Waals surface area contributed by atoms with Gasteiger partial charge in [-0.2, -0.15) is 4.89 Å². The van der Waals surface area contributed by atoms with E-state index >= 15 is 0 Å². The largest absolute Gasteiger partial charge is 0.337 e. The second-order valence-corrected chi connectivity index (χ2v) is 5.80. The van der Waals surface area contributed by atoms with Gasteiger partial charge in [-0.05, 0) is 35.4 Å². The van der Waals surface area contributed by atoms with Crippen LogP contribution in [-0.2, 0) is 24.9 Å². The zero-order valence-corrected chi connectivity index (χ0v) is 12.9.